The maximum absolute atomic E-state index is 13.4. The van der Waals surface area contributed by atoms with Crippen molar-refractivity contribution in [1.29, 1.82) is 0 Å². The van der Waals surface area contributed by atoms with Gasteiger partial charge in [-0.15, -0.1) is 0 Å². The lowest BCUT2D eigenvalue weighted by Gasteiger charge is -2.00. The van der Waals surface area contributed by atoms with Crippen LogP contribution in [0.15, 0.2) is 48.7 Å². The number of halogens is 1. The van der Waals surface area contributed by atoms with Crippen LogP contribution in [0, 0.1) is 5.82 Å². The quantitative estimate of drug-likeness (QED) is 0.800. The molecule has 0 aliphatic rings. The molecule has 0 unspecified atom stereocenters. The Morgan fingerprint density at radius 1 is 1.24 bits per heavy atom. The van der Waals surface area contributed by atoms with Crippen LogP contribution in [0.5, 0.6) is 0 Å². The second kappa shape index (κ2) is 5.36. The van der Waals surface area contributed by atoms with E-state index in [0.717, 1.165) is 5.52 Å². The largest absolute Gasteiger partial charge is 0.481 e. The minimum absolute atomic E-state index is 0.0180. The summed E-state index contributed by atoms with van der Waals surface area (Å²) in [5.41, 5.74) is 2.22. The van der Waals surface area contributed by atoms with Crippen LogP contribution in [0.4, 0.5) is 4.39 Å². The number of rotatable bonds is 4. The Hall–Kier alpha value is -2.69. The molecule has 2 aromatic heterocycles. The van der Waals surface area contributed by atoms with Crippen LogP contribution in [0.3, 0.4) is 0 Å². The van der Waals surface area contributed by atoms with Gasteiger partial charge < -0.3 is 5.11 Å². The number of fused-ring (bicyclic) bond motifs is 1. The van der Waals surface area contributed by atoms with Crippen molar-refractivity contribution >= 4 is 11.5 Å². The number of imidazole rings is 1. The van der Waals surface area contributed by atoms with Gasteiger partial charge in [-0.1, -0.05) is 18.2 Å². The first-order valence-corrected chi connectivity index (χ1v) is 6.59. The molecule has 0 saturated heterocycles. The van der Waals surface area contributed by atoms with Crippen LogP contribution >= 0.6 is 0 Å². The van der Waals surface area contributed by atoms with Gasteiger partial charge in [0, 0.05) is 18.2 Å². The number of carboxylic acid groups (broad SMARTS) is 1. The van der Waals surface area contributed by atoms with Crippen LogP contribution < -0.4 is 0 Å². The predicted octanol–water partition coefficient (Wildman–Crippen LogP) is 3.16. The number of carbonyl (C=O) groups is 1. The molecule has 4 nitrogen and oxygen atoms in total. The fourth-order valence-corrected chi connectivity index (χ4v) is 2.34. The number of nitrogens with zero attached hydrogens (tertiary/aromatic N) is 2. The number of hydrogen-bond donors (Lipinski definition) is 1. The summed E-state index contributed by atoms with van der Waals surface area (Å²) in [6, 6.07) is 11.8. The molecule has 21 heavy (non-hydrogen) atoms. The van der Waals surface area contributed by atoms with E-state index in [4.69, 9.17) is 5.11 Å². The van der Waals surface area contributed by atoms with Gasteiger partial charge in [-0.25, -0.2) is 9.37 Å². The molecule has 106 valence electrons. The third-order valence-electron chi connectivity index (χ3n) is 3.28. The molecular formula is C16H13FN2O2. The minimum Gasteiger partial charge on any atom is -0.481 e. The van der Waals surface area contributed by atoms with Crippen LogP contribution in [0.25, 0.3) is 16.9 Å². The molecule has 0 atom stereocenters. The van der Waals surface area contributed by atoms with Crippen molar-refractivity contribution in [2.24, 2.45) is 0 Å². The third-order valence-corrected chi connectivity index (χ3v) is 3.28. The van der Waals surface area contributed by atoms with E-state index in [2.05, 4.69) is 4.98 Å². The van der Waals surface area contributed by atoms with E-state index in [1.807, 2.05) is 28.8 Å². The van der Waals surface area contributed by atoms with Crippen LogP contribution in [0.1, 0.15) is 12.1 Å². The summed E-state index contributed by atoms with van der Waals surface area (Å²) in [4.78, 5) is 15.3. The highest BCUT2D eigenvalue weighted by Gasteiger charge is 2.13. The molecule has 1 aromatic carbocycles. The van der Waals surface area contributed by atoms with Crippen molar-refractivity contribution < 1.29 is 14.3 Å². The zero-order chi connectivity index (χ0) is 14.8. The van der Waals surface area contributed by atoms with Gasteiger partial charge in [0.15, 0.2) is 0 Å². The lowest BCUT2D eigenvalue weighted by atomic mass is 10.2. The average molecular weight is 284 g/mol. The summed E-state index contributed by atoms with van der Waals surface area (Å²) >= 11 is 0. The van der Waals surface area contributed by atoms with E-state index >= 15 is 0 Å². The number of hydrogen-bond acceptors (Lipinski definition) is 2. The monoisotopic (exact) mass is 284 g/mol. The third kappa shape index (κ3) is 2.63. The summed E-state index contributed by atoms with van der Waals surface area (Å²) in [7, 11) is 0. The molecule has 0 amide bonds. The number of pyridine rings is 1. The minimum atomic E-state index is -0.862. The number of aryl methyl sites for hydroxylation is 1. The maximum Gasteiger partial charge on any atom is 0.303 e. The van der Waals surface area contributed by atoms with E-state index in [-0.39, 0.29) is 12.2 Å². The SMILES string of the molecule is O=C(O)CCc1nc(-c2cccc(F)c2)n2ccccc12. The second-order valence-corrected chi connectivity index (χ2v) is 4.74. The van der Waals surface area contributed by atoms with E-state index in [9.17, 15) is 9.18 Å². The van der Waals surface area contributed by atoms with Gasteiger partial charge in [0.2, 0.25) is 0 Å². The Morgan fingerprint density at radius 3 is 2.86 bits per heavy atom. The highest BCUT2D eigenvalue weighted by atomic mass is 19.1. The van der Waals surface area contributed by atoms with E-state index in [1.54, 1.807) is 12.1 Å². The molecular weight excluding hydrogens is 271 g/mol. The Labute approximate surface area is 120 Å². The Kier molecular flexibility index (Phi) is 3.39. The average Bonchev–Trinajstić information content (AvgIpc) is 2.84. The Morgan fingerprint density at radius 2 is 2.10 bits per heavy atom. The van der Waals surface area contributed by atoms with Crippen molar-refractivity contribution in [3.63, 3.8) is 0 Å². The maximum atomic E-state index is 13.4. The summed E-state index contributed by atoms with van der Waals surface area (Å²) in [6.45, 7) is 0. The lowest BCUT2D eigenvalue weighted by Crippen LogP contribution is -1.98. The Bertz CT molecular complexity index is 811. The van der Waals surface area contributed by atoms with Crippen molar-refractivity contribution in [2.75, 3.05) is 0 Å². The molecule has 0 aliphatic heterocycles. The van der Waals surface area contributed by atoms with E-state index < -0.39 is 5.97 Å². The summed E-state index contributed by atoms with van der Waals surface area (Å²) < 4.78 is 15.3. The molecule has 3 aromatic rings. The molecule has 0 radical (unpaired) electrons. The summed E-state index contributed by atoms with van der Waals surface area (Å²) in [5.74, 6) is -0.572. The molecule has 2 heterocycles. The van der Waals surface area contributed by atoms with Gasteiger partial charge in [0.1, 0.15) is 11.6 Å². The van der Waals surface area contributed by atoms with Crippen LogP contribution in [-0.4, -0.2) is 20.5 Å². The first-order valence-electron chi connectivity index (χ1n) is 6.59. The summed E-state index contributed by atoms with van der Waals surface area (Å²) in [6.07, 6.45) is 2.20. The van der Waals surface area contributed by atoms with Crippen molar-refractivity contribution in [2.45, 2.75) is 12.8 Å². The highest BCUT2D eigenvalue weighted by Crippen LogP contribution is 2.24. The van der Waals surface area contributed by atoms with Crippen molar-refractivity contribution in [1.82, 2.24) is 9.38 Å². The van der Waals surface area contributed by atoms with E-state index in [1.165, 1.54) is 12.1 Å². The molecule has 1 N–H and O–H groups in total. The first-order chi connectivity index (χ1) is 10.1. The summed E-state index contributed by atoms with van der Waals surface area (Å²) in [5, 5.41) is 8.82. The lowest BCUT2D eigenvalue weighted by molar-refractivity contribution is -0.136. The zero-order valence-electron chi connectivity index (χ0n) is 11.2. The molecule has 5 heteroatoms. The smallest absolute Gasteiger partial charge is 0.303 e. The normalized spacial score (nSPS) is 10.9. The fraction of sp³-hybridized carbons (Fsp3) is 0.125. The van der Waals surface area contributed by atoms with Gasteiger partial charge in [0.05, 0.1) is 17.6 Å². The van der Waals surface area contributed by atoms with Crippen molar-refractivity contribution in [3.05, 3.63) is 60.2 Å². The second-order valence-electron chi connectivity index (χ2n) is 4.74. The van der Waals surface area contributed by atoms with Crippen LogP contribution in [0.2, 0.25) is 0 Å². The molecule has 0 spiro atoms. The molecule has 3 rings (SSSR count). The number of carboxylic acids is 1. The molecule has 0 saturated carbocycles. The standard InChI is InChI=1S/C16H13FN2O2/c17-12-5-3-4-11(10-12)16-18-13(7-8-15(20)21)14-6-1-2-9-19(14)16/h1-6,9-10H,7-8H2,(H,20,21). The zero-order valence-corrected chi connectivity index (χ0v) is 11.2. The highest BCUT2D eigenvalue weighted by molar-refractivity contribution is 5.69. The van der Waals surface area contributed by atoms with Gasteiger partial charge in [0.25, 0.3) is 0 Å². The molecule has 0 bridgehead atoms. The van der Waals surface area contributed by atoms with Gasteiger partial charge >= 0.3 is 5.97 Å². The predicted molar refractivity (Wildman–Crippen MR) is 76.5 cm³/mol. The molecule has 0 aliphatic carbocycles. The van der Waals surface area contributed by atoms with Gasteiger partial charge in [-0.2, -0.15) is 0 Å². The number of aliphatic carboxylic acids is 1. The first kappa shape index (κ1) is 13.3. The van der Waals surface area contributed by atoms with Crippen LogP contribution in [-0.2, 0) is 11.2 Å². The van der Waals surface area contributed by atoms with E-state index in [0.29, 0.717) is 23.5 Å². The molecule has 0 fully saturated rings. The number of benzene rings is 1. The van der Waals surface area contributed by atoms with Gasteiger partial charge in [-0.05, 0) is 24.3 Å². The topological polar surface area (TPSA) is 54.6 Å². The number of aromatic nitrogens is 2. The Balaban J connectivity index is 2.13. The van der Waals surface area contributed by atoms with Crippen molar-refractivity contribution in [3.8, 4) is 11.4 Å². The fourth-order valence-electron chi connectivity index (χ4n) is 2.34. The van der Waals surface area contributed by atoms with Gasteiger partial charge in [-0.3, -0.25) is 9.20 Å².